The molecule has 0 radical (unpaired) electrons. The molecule has 0 aromatic carbocycles. The Hall–Kier alpha value is -1.62. The Bertz CT molecular complexity index is 943. The largest absolute Gasteiger partial charge is 0.462 e. The number of rotatable bonds is 52. The van der Waals surface area contributed by atoms with E-state index in [9.17, 15) is 9.59 Å². The molecule has 0 aromatic rings. The van der Waals surface area contributed by atoms with Gasteiger partial charge in [0, 0.05) is 19.4 Å². The van der Waals surface area contributed by atoms with Crippen LogP contribution in [0.1, 0.15) is 303 Å². The van der Waals surface area contributed by atoms with Crippen LogP contribution in [0.2, 0.25) is 0 Å². The molecule has 366 valence electrons. The predicted octanol–water partition coefficient (Wildman–Crippen LogP) is 18.8. The Morgan fingerprint density at radius 3 is 1.13 bits per heavy atom. The lowest BCUT2D eigenvalue weighted by Gasteiger charge is -2.18. The van der Waals surface area contributed by atoms with Crippen molar-refractivity contribution in [1.82, 2.24) is 0 Å². The number of unbranched alkanes of at least 4 members (excludes halogenated alkanes) is 37. The molecule has 0 heterocycles. The average molecular weight is 873 g/mol. The molecule has 62 heavy (non-hydrogen) atoms. The van der Waals surface area contributed by atoms with Gasteiger partial charge in [0.15, 0.2) is 6.10 Å². The summed E-state index contributed by atoms with van der Waals surface area (Å²) in [5.74, 6) is -0.392. The molecule has 0 N–H and O–H groups in total. The molecule has 0 saturated carbocycles. The van der Waals surface area contributed by atoms with Crippen LogP contribution in [0.25, 0.3) is 0 Å². The molecule has 1 unspecified atom stereocenters. The number of carbonyl (C=O) groups excluding carboxylic acids is 2. The summed E-state index contributed by atoms with van der Waals surface area (Å²) in [7, 11) is 0. The number of allylic oxidation sites excluding steroid dienone is 4. The van der Waals surface area contributed by atoms with E-state index >= 15 is 0 Å². The van der Waals surface area contributed by atoms with Gasteiger partial charge < -0.3 is 14.2 Å². The van der Waals surface area contributed by atoms with Crippen LogP contribution >= 0.6 is 0 Å². The molecule has 0 aromatic heterocycles. The van der Waals surface area contributed by atoms with Gasteiger partial charge in [0.05, 0.1) is 6.61 Å². The number of esters is 2. The van der Waals surface area contributed by atoms with Gasteiger partial charge in [-0.1, -0.05) is 270 Å². The molecule has 0 amide bonds. The van der Waals surface area contributed by atoms with Crippen LogP contribution in [0.3, 0.4) is 0 Å². The van der Waals surface area contributed by atoms with Crippen molar-refractivity contribution < 1.29 is 23.8 Å². The minimum atomic E-state index is -0.535. The second-order valence-electron chi connectivity index (χ2n) is 18.9. The zero-order valence-electron chi connectivity index (χ0n) is 42.2. The van der Waals surface area contributed by atoms with E-state index in [0.29, 0.717) is 26.1 Å². The van der Waals surface area contributed by atoms with Crippen molar-refractivity contribution in [1.29, 1.82) is 0 Å². The van der Waals surface area contributed by atoms with Gasteiger partial charge >= 0.3 is 11.9 Å². The first-order valence-corrected chi connectivity index (χ1v) is 27.9. The van der Waals surface area contributed by atoms with Crippen molar-refractivity contribution in [2.75, 3.05) is 19.8 Å². The summed E-state index contributed by atoms with van der Waals surface area (Å²) in [6.45, 7) is 7.82. The van der Waals surface area contributed by atoms with Crippen LogP contribution in [0.15, 0.2) is 24.3 Å². The molecule has 0 spiro atoms. The van der Waals surface area contributed by atoms with E-state index in [1.54, 1.807) is 0 Å². The number of hydrogen-bond donors (Lipinski definition) is 0. The van der Waals surface area contributed by atoms with Gasteiger partial charge in [-0.25, -0.2) is 0 Å². The fourth-order valence-corrected chi connectivity index (χ4v) is 8.32. The molecule has 0 fully saturated rings. The maximum Gasteiger partial charge on any atom is 0.306 e. The first-order chi connectivity index (χ1) is 30.6. The Labute approximate surface area is 387 Å². The highest BCUT2D eigenvalue weighted by molar-refractivity contribution is 5.70. The number of hydrogen-bond acceptors (Lipinski definition) is 5. The van der Waals surface area contributed by atoms with Crippen molar-refractivity contribution in [3.8, 4) is 0 Å². The molecule has 5 heteroatoms. The Morgan fingerprint density at radius 1 is 0.355 bits per heavy atom. The van der Waals surface area contributed by atoms with Gasteiger partial charge in [0.2, 0.25) is 0 Å². The molecule has 0 aliphatic rings. The van der Waals surface area contributed by atoms with Crippen LogP contribution in [0.4, 0.5) is 0 Å². The summed E-state index contributed by atoms with van der Waals surface area (Å²) < 4.78 is 17.4. The maximum absolute atomic E-state index is 12.8. The third-order valence-electron chi connectivity index (χ3n) is 12.5. The average Bonchev–Trinajstić information content (AvgIpc) is 3.27. The van der Waals surface area contributed by atoms with Crippen molar-refractivity contribution in [2.45, 2.75) is 309 Å². The Balaban J connectivity index is 4.18. The Morgan fingerprint density at radius 2 is 0.710 bits per heavy atom. The molecule has 0 aliphatic heterocycles. The van der Waals surface area contributed by atoms with Crippen LogP contribution in [0, 0.1) is 0 Å². The zero-order chi connectivity index (χ0) is 44.9. The topological polar surface area (TPSA) is 61.8 Å². The van der Waals surface area contributed by atoms with Crippen LogP contribution in [0.5, 0.6) is 0 Å². The summed E-state index contributed by atoms with van der Waals surface area (Å²) >= 11 is 0. The summed E-state index contributed by atoms with van der Waals surface area (Å²) in [6.07, 6.45) is 63.4. The highest BCUT2D eigenvalue weighted by Crippen LogP contribution is 2.17. The molecular weight excluding hydrogens is 765 g/mol. The molecule has 0 rings (SSSR count). The van der Waals surface area contributed by atoms with Crippen LogP contribution < -0.4 is 0 Å². The smallest absolute Gasteiger partial charge is 0.306 e. The lowest BCUT2D eigenvalue weighted by Crippen LogP contribution is -2.30. The van der Waals surface area contributed by atoms with Gasteiger partial charge in [-0.15, -0.1) is 0 Å². The predicted molar refractivity (Wildman–Crippen MR) is 270 cm³/mol. The van der Waals surface area contributed by atoms with Crippen LogP contribution in [-0.4, -0.2) is 37.9 Å². The lowest BCUT2D eigenvalue weighted by molar-refractivity contribution is -0.163. The monoisotopic (exact) mass is 873 g/mol. The summed E-state index contributed by atoms with van der Waals surface area (Å²) in [5.41, 5.74) is 0. The summed E-state index contributed by atoms with van der Waals surface area (Å²) in [4.78, 5) is 25.4. The third-order valence-corrected chi connectivity index (χ3v) is 12.5. The fraction of sp³-hybridized carbons (Fsp3) is 0.895. The standard InChI is InChI=1S/C57H108O5/c1-4-7-10-13-16-19-22-25-27-28-29-30-31-33-35-38-41-44-47-50-56(58)61-54-55(53-60-52-49-46-43-40-37-34-26-23-20-17-14-11-8-5-2)62-57(59)51-48-45-42-39-36-32-24-21-18-15-12-9-6-3/h12,15,21,24,55H,4-11,13-14,16-20,22-23,25-54H2,1-3H3/b15-12-,24-21-. The minimum absolute atomic E-state index is 0.0877. The zero-order valence-corrected chi connectivity index (χ0v) is 42.2. The summed E-state index contributed by atoms with van der Waals surface area (Å²) in [6, 6.07) is 0. The highest BCUT2D eigenvalue weighted by atomic mass is 16.6. The van der Waals surface area contributed by atoms with E-state index in [1.807, 2.05) is 0 Å². The lowest BCUT2D eigenvalue weighted by atomic mass is 10.0. The highest BCUT2D eigenvalue weighted by Gasteiger charge is 2.17. The van der Waals surface area contributed by atoms with E-state index in [1.165, 1.54) is 218 Å². The van der Waals surface area contributed by atoms with E-state index in [0.717, 1.165) is 51.4 Å². The third kappa shape index (κ3) is 51.0. The second-order valence-corrected chi connectivity index (χ2v) is 18.9. The summed E-state index contributed by atoms with van der Waals surface area (Å²) in [5, 5.41) is 0. The van der Waals surface area contributed by atoms with Crippen molar-refractivity contribution in [2.24, 2.45) is 0 Å². The van der Waals surface area contributed by atoms with Gasteiger partial charge in [-0.2, -0.15) is 0 Å². The first kappa shape index (κ1) is 60.4. The van der Waals surface area contributed by atoms with Gasteiger partial charge in [0.25, 0.3) is 0 Å². The van der Waals surface area contributed by atoms with Crippen LogP contribution in [-0.2, 0) is 23.8 Å². The molecule has 0 aliphatic carbocycles. The molecule has 5 nitrogen and oxygen atoms in total. The second kappa shape index (κ2) is 53.7. The van der Waals surface area contributed by atoms with Crippen molar-refractivity contribution in [3.05, 3.63) is 24.3 Å². The minimum Gasteiger partial charge on any atom is -0.462 e. The number of ether oxygens (including phenoxy) is 3. The fourth-order valence-electron chi connectivity index (χ4n) is 8.32. The van der Waals surface area contributed by atoms with Gasteiger partial charge in [-0.3, -0.25) is 9.59 Å². The van der Waals surface area contributed by atoms with E-state index in [-0.39, 0.29) is 18.5 Å². The van der Waals surface area contributed by atoms with E-state index in [2.05, 4.69) is 45.1 Å². The molecule has 0 saturated heterocycles. The van der Waals surface area contributed by atoms with Gasteiger partial charge in [0.1, 0.15) is 6.61 Å². The van der Waals surface area contributed by atoms with E-state index in [4.69, 9.17) is 14.2 Å². The van der Waals surface area contributed by atoms with E-state index < -0.39 is 6.10 Å². The number of carbonyl (C=O) groups is 2. The van der Waals surface area contributed by atoms with Crippen molar-refractivity contribution in [3.63, 3.8) is 0 Å². The van der Waals surface area contributed by atoms with Crippen molar-refractivity contribution >= 4 is 11.9 Å². The quantitative estimate of drug-likeness (QED) is 0.0346. The van der Waals surface area contributed by atoms with Gasteiger partial charge in [-0.05, 0) is 44.9 Å². The Kier molecular flexibility index (Phi) is 52.3. The SMILES string of the molecule is CCC/C=C\C/C=C\CCCCCCCC(=O)OC(COCCCCCCCCCCCCCCCC)COC(=O)CCCCCCCCCCCCCCCCCCCCC. The molecular formula is C57H108O5. The molecule has 1 atom stereocenters. The normalized spacial score (nSPS) is 12.2. The molecule has 0 bridgehead atoms. The maximum atomic E-state index is 12.8. The first-order valence-electron chi connectivity index (χ1n) is 27.9.